The van der Waals surface area contributed by atoms with Gasteiger partial charge >= 0.3 is 0 Å². The van der Waals surface area contributed by atoms with Crippen LogP contribution in [0.4, 0.5) is 0 Å². The van der Waals surface area contributed by atoms with Gasteiger partial charge in [-0.1, -0.05) is 20.8 Å². The number of fused-ring (bicyclic) bond motifs is 2. The van der Waals surface area contributed by atoms with Gasteiger partial charge in [-0.25, -0.2) is 0 Å². The topological polar surface area (TPSA) is 41.1 Å². The molecule has 3 heteroatoms. The lowest BCUT2D eigenvalue weighted by Gasteiger charge is -2.43. The maximum Gasteiger partial charge on any atom is 0.216 e. The Labute approximate surface area is 105 Å². The molecule has 2 bridgehead atoms. The second-order valence-electron chi connectivity index (χ2n) is 6.79. The van der Waals surface area contributed by atoms with Crippen LogP contribution in [0.15, 0.2) is 0 Å². The van der Waals surface area contributed by atoms with Crippen LogP contribution in [0.1, 0.15) is 47.0 Å². The summed E-state index contributed by atoms with van der Waals surface area (Å²) in [5, 5.41) is 6.54. The zero-order chi connectivity index (χ0) is 12.7. The highest BCUT2D eigenvalue weighted by Crippen LogP contribution is 2.62. The van der Waals surface area contributed by atoms with Gasteiger partial charge in [0.25, 0.3) is 0 Å². The third-order valence-corrected chi connectivity index (χ3v) is 5.12. The average molecular weight is 238 g/mol. The fourth-order valence-electron chi connectivity index (χ4n) is 4.27. The van der Waals surface area contributed by atoms with Gasteiger partial charge in [0.15, 0.2) is 0 Å². The van der Waals surface area contributed by atoms with Crippen LogP contribution in [-0.2, 0) is 4.79 Å². The number of amides is 1. The van der Waals surface area contributed by atoms with Crippen LogP contribution in [0, 0.1) is 16.7 Å². The van der Waals surface area contributed by atoms with Crippen molar-refractivity contribution in [1.29, 1.82) is 0 Å². The van der Waals surface area contributed by atoms with E-state index >= 15 is 0 Å². The van der Waals surface area contributed by atoms with Crippen LogP contribution in [0.5, 0.6) is 0 Å². The molecule has 2 aliphatic carbocycles. The van der Waals surface area contributed by atoms with E-state index < -0.39 is 0 Å². The zero-order valence-electron chi connectivity index (χ0n) is 11.6. The lowest BCUT2D eigenvalue weighted by atomic mass is 9.68. The first-order valence-electron chi connectivity index (χ1n) is 6.84. The smallest absolute Gasteiger partial charge is 0.216 e. The molecule has 0 radical (unpaired) electrons. The number of carbonyl (C=O) groups is 1. The van der Waals surface area contributed by atoms with Crippen molar-refractivity contribution in [3.8, 4) is 0 Å². The van der Waals surface area contributed by atoms with Crippen molar-refractivity contribution in [1.82, 2.24) is 10.6 Å². The lowest BCUT2D eigenvalue weighted by Crippen LogP contribution is -2.51. The molecule has 98 valence electrons. The van der Waals surface area contributed by atoms with E-state index in [0.29, 0.717) is 16.9 Å². The highest BCUT2D eigenvalue weighted by molar-refractivity contribution is 5.72. The van der Waals surface area contributed by atoms with Gasteiger partial charge in [0.1, 0.15) is 0 Å². The highest BCUT2D eigenvalue weighted by Gasteiger charge is 2.58. The Morgan fingerprint density at radius 1 is 1.29 bits per heavy atom. The van der Waals surface area contributed by atoms with Crippen molar-refractivity contribution in [2.75, 3.05) is 13.1 Å². The molecular formula is C14H26N2O. The van der Waals surface area contributed by atoms with E-state index in [2.05, 4.69) is 31.4 Å². The summed E-state index contributed by atoms with van der Waals surface area (Å²) in [4.78, 5) is 10.8. The Balaban J connectivity index is 1.89. The van der Waals surface area contributed by atoms with Crippen LogP contribution in [0.2, 0.25) is 0 Å². The lowest BCUT2D eigenvalue weighted by molar-refractivity contribution is -0.118. The van der Waals surface area contributed by atoms with Gasteiger partial charge in [-0.15, -0.1) is 0 Å². The fraction of sp³-hybridized carbons (Fsp3) is 0.929. The number of nitrogens with one attached hydrogen (secondary N) is 2. The summed E-state index contributed by atoms with van der Waals surface area (Å²) >= 11 is 0. The SMILES string of the molecule is CC(=O)NCCNC1C(C)(C)[C@H]2CC[C@]1(C)C2. The third-order valence-electron chi connectivity index (χ3n) is 5.12. The monoisotopic (exact) mass is 238 g/mol. The maximum atomic E-state index is 10.8. The molecule has 0 aromatic carbocycles. The molecule has 0 aliphatic heterocycles. The molecule has 0 aromatic rings. The summed E-state index contributed by atoms with van der Waals surface area (Å²) in [5.41, 5.74) is 0.883. The van der Waals surface area contributed by atoms with E-state index in [0.717, 1.165) is 19.0 Å². The average Bonchev–Trinajstić information content (AvgIpc) is 2.67. The largest absolute Gasteiger partial charge is 0.355 e. The number of carbonyl (C=O) groups excluding carboxylic acids is 1. The standard InChI is InChI=1S/C14H26N2O/c1-10(17)15-7-8-16-12-13(2,3)11-5-6-14(12,4)9-11/h11-12,16H,5-9H2,1-4H3,(H,15,17)/t11-,12?,14+/m0/s1. The first kappa shape index (κ1) is 12.9. The molecule has 1 amide bonds. The fourth-order valence-corrected chi connectivity index (χ4v) is 4.27. The van der Waals surface area contributed by atoms with Gasteiger partial charge in [0, 0.05) is 26.1 Å². The number of hydrogen-bond acceptors (Lipinski definition) is 2. The van der Waals surface area contributed by atoms with Gasteiger partial charge in [0.2, 0.25) is 5.91 Å². The Hall–Kier alpha value is -0.570. The van der Waals surface area contributed by atoms with E-state index in [4.69, 9.17) is 0 Å². The molecule has 2 saturated carbocycles. The predicted molar refractivity (Wildman–Crippen MR) is 69.7 cm³/mol. The summed E-state index contributed by atoms with van der Waals surface area (Å²) in [6, 6.07) is 0.600. The highest BCUT2D eigenvalue weighted by atomic mass is 16.1. The molecule has 3 atom stereocenters. The van der Waals surface area contributed by atoms with Crippen molar-refractivity contribution in [3.63, 3.8) is 0 Å². The van der Waals surface area contributed by atoms with Crippen LogP contribution >= 0.6 is 0 Å². The Morgan fingerprint density at radius 3 is 2.53 bits per heavy atom. The van der Waals surface area contributed by atoms with E-state index in [1.165, 1.54) is 19.3 Å². The molecule has 0 saturated heterocycles. The van der Waals surface area contributed by atoms with Crippen LogP contribution in [0.3, 0.4) is 0 Å². The van der Waals surface area contributed by atoms with Crippen LogP contribution in [-0.4, -0.2) is 25.0 Å². The van der Waals surface area contributed by atoms with E-state index in [1.807, 2.05) is 0 Å². The molecule has 2 aliphatic rings. The first-order chi connectivity index (χ1) is 7.86. The van der Waals surface area contributed by atoms with Gasteiger partial charge in [0.05, 0.1) is 0 Å². The van der Waals surface area contributed by atoms with E-state index in [-0.39, 0.29) is 5.91 Å². The van der Waals surface area contributed by atoms with Crippen molar-refractivity contribution in [2.24, 2.45) is 16.7 Å². The van der Waals surface area contributed by atoms with Gasteiger partial charge < -0.3 is 10.6 Å². The van der Waals surface area contributed by atoms with Crippen molar-refractivity contribution in [2.45, 2.75) is 53.0 Å². The molecule has 17 heavy (non-hydrogen) atoms. The van der Waals surface area contributed by atoms with E-state index in [9.17, 15) is 4.79 Å². The van der Waals surface area contributed by atoms with Crippen LogP contribution in [0.25, 0.3) is 0 Å². The van der Waals surface area contributed by atoms with E-state index in [1.54, 1.807) is 6.92 Å². The molecule has 2 N–H and O–H groups in total. The normalized spacial score (nSPS) is 38.4. The molecular weight excluding hydrogens is 212 g/mol. The molecule has 0 heterocycles. The molecule has 2 rings (SSSR count). The van der Waals surface area contributed by atoms with Crippen molar-refractivity contribution in [3.05, 3.63) is 0 Å². The number of rotatable bonds is 4. The minimum Gasteiger partial charge on any atom is -0.355 e. The number of hydrogen-bond donors (Lipinski definition) is 2. The minimum absolute atomic E-state index is 0.0604. The quantitative estimate of drug-likeness (QED) is 0.735. The Kier molecular flexibility index (Phi) is 3.23. The predicted octanol–water partition coefficient (Wildman–Crippen LogP) is 1.93. The maximum absolute atomic E-state index is 10.8. The molecule has 3 nitrogen and oxygen atoms in total. The summed E-state index contributed by atoms with van der Waals surface area (Å²) in [5.74, 6) is 0.941. The zero-order valence-corrected chi connectivity index (χ0v) is 11.6. The third kappa shape index (κ3) is 2.22. The first-order valence-corrected chi connectivity index (χ1v) is 6.84. The Bertz CT molecular complexity index is 309. The molecule has 0 spiro atoms. The molecule has 1 unspecified atom stereocenters. The minimum atomic E-state index is 0.0604. The summed E-state index contributed by atoms with van der Waals surface area (Å²) < 4.78 is 0. The molecule has 2 fully saturated rings. The van der Waals surface area contributed by atoms with Crippen LogP contribution < -0.4 is 10.6 Å². The van der Waals surface area contributed by atoms with Gasteiger partial charge in [-0.05, 0) is 36.0 Å². The molecule has 0 aromatic heterocycles. The summed E-state index contributed by atoms with van der Waals surface area (Å²) in [6.07, 6.45) is 4.13. The second kappa shape index (κ2) is 4.27. The van der Waals surface area contributed by atoms with Gasteiger partial charge in [-0.3, -0.25) is 4.79 Å². The summed E-state index contributed by atoms with van der Waals surface area (Å²) in [7, 11) is 0. The Morgan fingerprint density at radius 2 is 2.00 bits per heavy atom. The van der Waals surface area contributed by atoms with Crippen molar-refractivity contribution >= 4 is 5.91 Å². The second-order valence-corrected chi connectivity index (χ2v) is 6.79. The van der Waals surface area contributed by atoms with Gasteiger partial charge in [-0.2, -0.15) is 0 Å². The summed E-state index contributed by atoms with van der Waals surface area (Å²) in [6.45, 7) is 10.4. The van der Waals surface area contributed by atoms with Crippen molar-refractivity contribution < 1.29 is 4.79 Å².